The van der Waals surface area contributed by atoms with E-state index in [9.17, 15) is 4.79 Å². The van der Waals surface area contributed by atoms with Crippen molar-refractivity contribution in [2.75, 3.05) is 26.4 Å². The van der Waals surface area contributed by atoms with Crippen LogP contribution < -0.4 is 0 Å². The second-order valence-electron chi connectivity index (χ2n) is 7.90. The Balaban J connectivity index is 1.52. The Morgan fingerprint density at radius 3 is 2.83 bits per heavy atom. The van der Waals surface area contributed by atoms with Gasteiger partial charge in [-0.05, 0) is 56.5 Å². The number of benzene rings is 1. The van der Waals surface area contributed by atoms with Crippen LogP contribution >= 0.6 is 0 Å². The third-order valence-electron chi connectivity index (χ3n) is 5.87. The van der Waals surface area contributed by atoms with Gasteiger partial charge in [0.25, 0.3) is 0 Å². The van der Waals surface area contributed by atoms with Gasteiger partial charge in [-0.25, -0.2) is 4.79 Å². The first-order valence-electron chi connectivity index (χ1n) is 11.1. The van der Waals surface area contributed by atoms with Crippen LogP contribution in [0.4, 0.5) is 0 Å². The van der Waals surface area contributed by atoms with E-state index in [2.05, 4.69) is 11.0 Å². The maximum atomic E-state index is 12.1. The summed E-state index contributed by atoms with van der Waals surface area (Å²) in [5.74, 6) is 0.744. The van der Waals surface area contributed by atoms with Crippen molar-refractivity contribution >= 4 is 23.0 Å². The zero-order valence-corrected chi connectivity index (χ0v) is 17.9. The number of furan rings is 1. The molecule has 1 aliphatic heterocycles. The molecule has 0 radical (unpaired) electrons. The second-order valence-corrected chi connectivity index (χ2v) is 7.90. The molecule has 2 fully saturated rings. The van der Waals surface area contributed by atoms with Crippen molar-refractivity contribution in [3.63, 3.8) is 0 Å². The van der Waals surface area contributed by atoms with Gasteiger partial charge in [-0.3, -0.25) is 4.90 Å². The maximum Gasteiger partial charge on any atom is 0.373 e. The van der Waals surface area contributed by atoms with E-state index in [1.54, 1.807) is 13.0 Å². The van der Waals surface area contributed by atoms with E-state index >= 15 is 0 Å². The normalized spacial score (nSPS) is 22.7. The van der Waals surface area contributed by atoms with Gasteiger partial charge in [-0.1, -0.05) is 18.9 Å². The Morgan fingerprint density at radius 1 is 1.17 bits per heavy atom. The van der Waals surface area contributed by atoms with Crippen molar-refractivity contribution in [1.29, 1.82) is 0 Å². The first kappa shape index (κ1) is 20.9. The van der Waals surface area contributed by atoms with Crippen LogP contribution in [0.1, 0.15) is 50.9 Å². The van der Waals surface area contributed by atoms with Gasteiger partial charge in [-0.15, -0.1) is 0 Å². The quantitative estimate of drug-likeness (QED) is 0.378. The number of nitrogens with zero attached hydrogens (tertiary/aromatic N) is 1. The molecule has 2 aromatic rings. The molecule has 0 N–H and O–H groups in total. The van der Waals surface area contributed by atoms with Gasteiger partial charge in [0.15, 0.2) is 0 Å². The van der Waals surface area contributed by atoms with Crippen molar-refractivity contribution in [3.05, 3.63) is 41.3 Å². The molecule has 6 heteroatoms. The molecule has 2 atom stereocenters. The molecule has 1 aromatic heterocycles. The summed E-state index contributed by atoms with van der Waals surface area (Å²) in [6.45, 7) is 6.90. The minimum atomic E-state index is -0.443. The smallest absolute Gasteiger partial charge is 0.373 e. The van der Waals surface area contributed by atoms with Crippen LogP contribution in [-0.2, 0) is 25.5 Å². The molecule has 0 bridgehead atoms. The van der Waals surface area contributed by atoms with E-state index in [1.165, 1.54) is 25.7 Å². The van der Waals surface area contributed by atoms with Crippen LogP contribution in [0.15, 0.2) is 34.4 Å². The molecule has 1 aromatic carbocycles. The lowest BCUT2D eigenvalue weighted by molar-refractivity contribution is -0.142. The highest BCUT2D eigenvalue weighted by Crippen LogP contribution is 2.31. The number of ether oxygens (including phenoxy) is 3. The molecule has 4 rings (SSSR count). The summed E-state index contributed by atoms with van der Waals surface area (Å²) in [5.41, 5.74) is 1.73. The summed E-state index contributed by atoms with van der Waals surface area (Å²) in [4.78, 5) is 14.6. The predicted octanol–water partition coefficient (Wildman–Crippen LogP) is 4.52. The van der Waals surface area contributed by atoms with Gasteiger partial charge in [0.1, 0.15) is 11.3 Å². The van der Waals surface area contributed by atoms with Crippen molar-refractivity contribution in [3.8, 4) is 0 Å². The predicted molar refractivity (Wildman–Crippen MR) is 115 cm³/mol. The lowest BCUT2D eigenvalue weighted by Crippen LogP contribution is -2.52. The first-order valence-corrected chi connectivity index (χ1v) is 11.1. The zero-order valence-electron chi connectivity index (χ0n) is 17.9. The number of hydrogen-bond donors (Lipinski definition) is 0. The number of carbonyl (C=O) groups is 1. The molecule has 2 aliphatic rings. The van der Waals surface area contributed by atoms with E-state index in [1.807, 2.05) is 25.1 Å². The van der Waals surface area contributed by atoms with Crippen molar-refractivity contribution in [1.82, 2.24) is 4.90 Å². The van der Waals surface area contributed by atoms with Crippen LogP contribution in [0, 0.1) is 0 Å². The fraction of sp³-hybridized carbons (Fsp3) is 0.542. The fourth-order valence-electron chi connectivity index (χ4n) is 4.53. The Hall–Kier alpha value is -2.31. The van der Waals surface area contributed by atoms with Gasteiger partial charge in [-0.2, -0.15) is 0 Å². The molecule has 162 valence electrons. The van der Waals surface area contributed by atoms with Gasteiger partial charge >= 0.3 is 5.97 Å². The van der Waals surface area contributed by atoms with Crippen LogP contribution in [0.25, 0.3) is 17.0 Å². The van der Waals surface area contributed by atoms with Gasteiger partial charge in [0, 0.05) is 18.0 Å². The molecule has 2 unspecified atom stereocenters. The molecule has 1 saturated heterocycles. The number of carbonyl (C=O) groups excluding carboxylic acids is 1. The molecule has 30 heavy (non-hydrogen) atoms. The summed E-state index contributed by atoms with van der Waals surface area (Å²) in [6, 6.07) is 8.49. The molecule has 6 nitrogen and oxygen atoms in total. The van der Waals surface area contributed by atoms with E-state index in [0.29, 0.717) is 25.4 Å². The topological polar surface area (TPSA) is 61.1 Å². The summed E-state index contributed by atoms with van der Waals surface area (Å²) in [5, 5.41) is 1.02. The molecule has 0 spiro atoms. The lowest BCUT2D eigenvalue weighted by Gasteiger charge is -2.43. The highest BCUT2D eigenvalue weighted by atomic mass is 16.6. The van der Waals surface area contributed by atoms with Crippen LogP contribution in [0.5, 0.6) is 0 Å². The van der Waals surface area contributed by atoms with Crippen LogP contribution in [0.2, 0.25) is 0 Å². The van der Waals surface area contributed by atoms with Gasteiger partial charge in [0.2, 0.25) is 5.76 Å². The van der Waals surface area contributed by atoms with E-state index in [4.69, 9.17) is 18.6 Å². The minimum absolute atomic E-state index is 0.221. The first-order chi connectivity index (χ1) is 14.7. The monoisotopic (exact) mass is 413 g/mol. The van der Waals surface area contributed by atoms with Crippen LogP contribution in [-0.4, -0.2) is 49.4 Å². The molecular formula is C24H31NO5. The third kappa shape index (κ3) is 4.71. The number of morpholine rings is 1. The summed E-state index contributed by atoms with van der Waals surface area (Å²) >= 11 is 0. The summed E-state index contributed by atoms with van der Waals surface area (Å²) < 4.78 is 22.7. The number of esters is 1. The largest absolute Gasteiger partial charge is 0.487 e. The maximum absolute atomic E-state index is 12.1. The number of hydrogen-bond acceptors (Lipinski definition) is 6. The molecule has 2 heterocycles. The lowest BCUT2D eigenvalue weighted by atomic mass is 9.90. The molecule has 1 aliphatic carbocycles. The number of rotatable bonds is 7. The average Bonchev–Trinajstić information content (AvgIpc) is 3.15. The Kier molecular flexibility index (Phi) is 6.75. The number of fused-ring (bicyclic) bond motifs is 2. The van der Waals surface area contributed by atoms with Crippen molar-refractivity contribution in [2.45, 2.75) is 58.2 Å². The molecule has 1 saturated carbocycles. The van der Waals surface area contributed by atoms with E-state index < -0.39 is 5.97 Å². The van der Waals surface area contributed by atoms with Gasteiger partial charge in [0.05, 0.1) is 32.5 Å². The highest BCUT2D eigenvalue weighted by Gasteiger charge is 2.34. The summed E-state index contributed by atoms with van der Waals surface area (Å²) in [6.07, 6.45) is 7.01. The van der Waals surface area contributed by atoms with Crippen LogP contribution in [0.3, 0.4) is 0 Å². The second kappa shape index (κ2) is 9.67. The molecule has 0 amide bonds. The highest BCUT2D eigenvalue weighted by molar-refractivity contribution is 5.92. The molecular weight excluding hydrogens is 382 g/mol. The van der Waals surface area contributed by atoms with E-state index in [0.717, 1.165) is 42.0 Å². The Bertz CT molecular complexity index is 900. The van der Waals surface area contributed by atoms with Crippen molar-refractivity contribution < 1.29 is 23.4 Å². The average molecular weight is 414 g/mol. The standard InChI is InChI=1S/C24H31NO5/c1-3-27-23(24(26)28-4-2)14-17-9-10-21-18(13-17)15-19(30-21)16-25-11-12-29-22-8-6-5-7-20(22)25/h9-10,13-15,20,22H,3-8,11-12,16H2,1-2H3/b23-14-. The Morgan fingerprint density at radius 2 is 2.00 bits per heavy atom. The van der Waals surface area contributed by atoms with Crippen molar-refractivity contribution in [2.24, 2.45) is 0 Å². The van der Waals surface area contributed by atoms with Gasteiger partial charge < -0.3 is 18.6 Å². The Labute approximate surface area is 177 Å². The third-order valence-corrected chi connectivity index (χ3v) is 5.87. The fourth-order valence-corrected chi connectivity index (χ4v) is 4.53. The minimum Gasteiger partial charge on any atom is -0.487 e. The summed E-state index contributed by atoms with van der Waals surface area (Å²) in [7, 11) is 0. The SMILES string of the molecule is CCOC(=O)/C(=C/c1ccc2oc(CN3CCOC4CCCCC43)cc2c1)OCC. The van der Waals surface area contributed by atoms with E-state index in [-0.39, 0.29) is 5.76 Å². The zero-order chi connectivity index (χ0) is 20.9.